The van der Waals surface area contributed by atoms with Gasteiger partial charge < -0.3 is 10.2 Å². The average molecular weight is 384 g/mol. The van der Waals surface area contributed by atoms with Crippen molar-refractivity contribution in [3.63, 3.8) is 0 Å². The van der Waals surface area contributed by atoms with Gasteiger partial charge in [-0.05, 0) is 69.8 Å². The molecule has 0 spiro atoms. The second kappa shape index (κ2) is 8.26. The number of carbonyl (C=O) groups excluding carboxylic acids is 1. The topological polar surface area (TPSA) is 35.6 Å². The Labute approximate surface area is 160 Å². The van der Waals surface area contributed by atoms with Gasteiger partial charge in [-0.25, -0.2) is 0 Å². The number of rotatable bonds is 7. The Morgan fingerprint density at radius 1 is 1.28 bits per heavy atom. The quantitative estimate of drug-likeness (QED) is 0.772. The second-order valence-electron chi connectivity index (χ2n) is 7.60. The van der Waals surface area contributed by atoms with Crippen LogP contribution in [-0.2, 0) is 4.79 Å². The maximum absolute atomic E-state index is 12.6. The van der Waals surface area contributed by atoms with Crippen molar-refractivity contribution in [1.29, 1.82) is 0 Å². The molecular weight excluding hydrogens is 357 g/mol. The molecule has 2 atom stereocenters. The van der Waals surface area contributed by atoms with Gasteiger partial charge in [0.2, 0.25) is 5.91 Å². The number of anilines is 1. The number of amides is 1. The zero-order valence-corrected chi connectivity index (χ0v) is 16.5. The minimum Gasteiger partial charge on any atom is -0.323 e. The predicted molar refractivity (Wildman–Crippen MR) is 104 cm³/mol. The van der Waals surface area contributed by atoms with Crippen LogP contribution in [0.15, 0.2) is 18.2 Å². The molecule has 1 aliphatic carbocycles. The van der Waals surface area contributed by atoms with Crippen LogP contribution >= 0.6 is 23.2 Å². The normalized spacial score (nSPS) is 22.4. The van der Waals surface area contributed by atoms with E-state index in [0.717, 1.165) is 32.0 Å². The third-order valence-corrected chi connectivity index (χ3v) is 5.82. The number of likely N-dealkylation sites (tertiary alicyclic amines) is 1. The summed E-state index contributed by atoms with van der Waals surface area (Å²) in [5.74, 6) is 1.56. The van der Waals surface area contributed by atoms with Crippen LogP contribution < -0.4 is 5.32 Å². The van der Waals surface area contributed by atoms with Crippen molar-refractivity contribution in [1.82, 2.24) is 9.80 Å². The third kappa shape index (κ3) is 5.33. The largest absolute Gasteiger partial charge is 0.323 e. The lowest BCUT2D eigenvalue weighted by atomic mass is 10.1. The van der Waals surface area contributed by atoms with Gasteiger partial charge in [0, 0.05) is 24.7 Å². The number of nitrogens with zero attached hydrogens (tertiary/aromatic N) is 2. The van der Waals surface area contributed by atoms with Gasteiger partial charge in [0.25, 0.3) is 0 Å². The number of benzene rings is 1. The molecule has 0 bridgehead atoms. The van der Waals surface area contributed by atoms with Gasteiger partial charge in [0.15, 0.2) is 0 Å². The Morgan fingerprint density at radius 2 is 2.00 bits per heavy atom. The molecule has 1 saturated carbocycles. The molecule has 25 heavy (non-hydrogen) atoms. The molecule has 1 amide bonds. The lowest BCUT2D eigenvalue weighted by molar-refractivity contribution is -0.120. The van der Waals surface area contributed by atoms with Crippen molar-refractivity contribution in [2.24, 2.45) is 11.8 Å². The highest BCUT2D eigenvalue weighted by Gasteiger charge is 2.31. The predicted octanol–water partition coefficient (Wildman–Crippen LogP) is 3.98. The molecule has 1 aliphatic heterocycles. The molecule has 0 unspecified atom stereocenters. The van der Waals surface area contributed by atoms with E-state index in [1.807, 2.05) is 6.92 Å². The molecule has 1 aromatic rings. The molecule has 3 rings (SSSR count). The van der Waals surface area contributed by atoms with Gasteiger partial charge >= 0.3 is 0 Å². The van der Waals surface area contributed by atoms with Gasteiger partial charge in [-0.3, -0.25) is 9.69 Å². The fourth-order valence-electron chi connectivity index (χ4n) is 3.61. The van der Waals surface area contributed by atoms with E-state index < -0.39 is 0 Å². The summed E-state index contributed by atoms with van der Waals surface area (Å²) in [6, 6.07) is 4.96. The SMILES string of the molecule is C[C@H](C(=O)Nc1ccc(Cl)cc1Cl)N1CC[C@H](CN(C)CC2CC2)C1. The Morgan fingerprint density at radius 3 is 2.68 bits per heavy atom. The van der Waals surface area contributed by atoms with Crippen LogP contribution in [0.5, 0.6) is 0 Å². The van der Waals surface area contributed by atoms with Gasteiger partial charge in [-0.15, -0.1) is 0 Å². The van der Waals surface area contributed by atoms with Crippen molar-refractivity contribution < 1.29 is 4.79 Å². The molecule has 0 aromatic heterocycles. The van der Waals surface area contributed by atoms with Crippen LogP contribution in [0.25, 0.3) is 0 Å². The summed E-state index contributed by atoms with van der Waals surface area (Å²) in [4.78, 5) is 17.3. The monoisotopic (exact) mass is 383 g/mol. The maximum atomic E-state index is 12.6. The standard InChI is InChI=1S/C19H27Cl2N3O/c1-13(19(25)22-18-6-5-16(20)9-17(18)21)24-8-7-15(12-24)11-23(2)10-14-3-4-14/h5-6,9,13-15H,3-4,7-8,10-12H2,1-2H3,(H,22,25)/t13-,15-/m1/s1. The Bertz CT molecular complexity index is 621. The van der Waals surface area contributed by atoms with Crippen LogP contribution in [0.2, 0.25) is 10.0 Å². The molecule has 6 heteroatoms. The van der Waals surface area contributed by atoms with Crippen molar-refractivity contribution in [3.05, 3.63) is 28.2 Å². The first kappa shape index (κ1) is 19.0. The molecule has 0 radical (unpaired) electrons. The van der Waals surface area contributed by atoms with Gasteiger partial charge in [0.1, 0.15) is 0 Å². The summed E-state index contributed by atoms with van der Waals surface area (Å²) in [7, 11) is 2.22. The van der Waals surface area contributed by atoms with E-state index in [2.05, 4.69) is 22.2 Å². The highest BCUT2D eigenvalue weighted by molar-refractivity contribution is 6.36. The minimum absolute atomic E-state index is 0.0174. The van der Waals surface area contributed by atoms with E-state index in [1.165, 1.54) is 19.4 Å². The number of hydrogen-bond acceptors (Lipinski definition) is 3. The number of nitrogens with one attached hydrogen (secondary N) is 1. The first-order chi connectivity index (χ1) is 11.9. The minimum atomic E-state index is -0.162. The Balaban J connectivity index is 1.48. The maximum Gasteiger partial charge on any atom is 0.241 e. The lowest BCUT2D eigenvalue weighted by Gasteiger charge is -2.25. The van der Waals surface area contributed by atoms with E-state index in [4.69, 9.17) is 23.2 Å². The van der Waals surface area contributed by atoms with Crippen molar-refractivity contribution in [3.8, 4) is 0 Å². The summed E-state index contributed by atoms with van der Waals surface area (Å²) >= 11 is 12.0. The zero-order chi connectivity index (χ0) is 18.0. The highest BCUT2D eigenvalue weighted by atomic mass is 35.5. The van der Waals surface area contributed by atoms with Gasteiger partial charge in [-0.1, -0.05) is 23.2 Å². The Kier molecular flexibility index (Phi) is 6.26. The van der Waals surface area contributed by atoms with E-state index in [-0.39, 0.29) is 11.9 Å². The van der Waals surface area contributed by atoms with Crippen molar-refractivity contribution >= 4 is 34.8 Å². The van der Waals surface area contributed by atoms with E-state index in [1.54, 1.807) is 18.2 Å². The van der Waals surface area contributed by atoms with E-state index in [0.29, 0.717) is 21.7 Å². The third-order valence-electron chi connectivity index (χ3n) is 5.27. The van der Waals surface area contributed by atoms with Crippen LogP contribution in [0.4, 0.5) is 5.69 Å². The Hall–Kier alpha value is -0.810. The van der Waals surface area contributed by atoms with E-state index >= 15 is 0 Å². The molecule has 2 fully saturated rings. The average Bonchev–Trinajstić information content (AvgIpc) is 3.24. The first-order valence-corrected chi connectivity index (χ1v) is 9.86. The molecule has 1 aromatic carbocycles. The molecular formula is C19H27Cl2N3O. The zero-order valence-electron chi connectivity index (χ0n) is 15.0. The molecule has 1 saturated heterocycles. The molecule has 4 nitrogen and oxygen atoms in total. The van der Waals surface area contributed by atoms with Crippen molar-refractivity contribution in [2.75, 3.05) is 38.5 Å². The molecule has 2 aliphatic rings. The van der Waals surface area contributed by atoms with Crippen LogP contribution in [0.3, 0.4) is 0 Å². The van der Waals surface area contributed by atoms with Gasteiger partial charge in [-0.2, -0.15) is 0 Å². The summed E-state index contributed by atoms with van der Waals surface area (Å²) in [6.07, 6.45) is 3.95. The molecule has 1 N–H and O–H groups in total. The highest BCUT2D eigenvalue weighted by Crippen LogP contribution is 2.30. The first-order valence-electron chi connectivity index (χ1n) is 9.11. The van der Waals surface area contributed by atoms with E-state index in [9.17, 15) is 4.79 Å². The fraction of sp³-hybridized carbons (Fsp3) is 0.632. The van der Waals surface area contributed by atoms with Crippen LogP contribution in [-0.4, -0.2) is 55.0 Å². The summed E-state index contributed by atoms with van der Waals surface area (Å²) in [5.41, 5.74) is 0.614. The molecule has 138 valence electrons. The molecule has 1 heterocycles. The van der Waals surface area contributed by atoms with Crippen LogP contribution in [0.1, 0.15) is 26.2 Å². The summed E-state index contributed by atoms with van der Waals surface area (Å²) < 4.78 is 0. The second-order valence-corrected chi connectivity index (χ2v) is 8.45. The lowest BCUT2D eigenvalue weighted by Crippen LogP contribution is -2.41. The number of carbonyl (C=O) groups is 1. The fourth-order valence-corrected chi connectivity index (χ4v) is 4.07. The van der Waals surface area contributed by atoms with Gasteiger partial charge in [0.05, 0.1) is 16.8 Å². The summed E-state index contributed by atoms with van der Waals surface area (Å²) in [6.45, 7) is 6.28. The van der Waals surface area contributed by atoms with Crippen molar-refractivity contribution in [2.45, 2.75) is 32.2 Å². The number of halogens is 2. The smallest absolute Gasteiger partial charge is 0.241 e. The summed E-state index contributed by atoms with van der Waals surface area (Å²) in [5, 5.41) is 3.95. The van der Waals surface area contributed by atoms with Crippen LogP contribution in [0, 0.1) is 11.8 Å². The number of hydrogen-bond donors (Lipinski definition) is 1.